The van der Waals surface area contributed by atoms with Gasteiger partial charge in [0.1, 0.15) is 5.82 Å². The van der Waals surface area contributed by atoms with Crippen molar-refractivity contribution in [2.45, 2.75) is 18.8 Å². The lowest BCUT2D eigenvalue weighted by molar-refractivity contribution is 0.0746. The van der Waals surface area contributed by atoms with E-state index in [0.29, 0.717) is 36.1 Å². The third-order valence-corrected chi connectivity index (χ3v) is 5.63. The van der Waals surface area contributed by atoms with Gasteiger partial charge in [0.15, 0.2) is 11.5 Å². The predicted octanol–water partition coefficient (Wildman–Crippen LogP) is 2.40. The first-order valence-corrected chi connectivity index (χ1v) is 9.57. The number of carbonyl (C=O) groups is 1. The third kappa shape index (κ3) is 3.33. The van der Waals surface area contributed by atoms with Gasteiger partial charge in [-0.05, 0) is 31.0 Å². The summed E-state index contributed by atoms with van der Waals surface area (Å²) in [7, 11) is 3.16. The van der Waals surface area contributed by atoms with Crippen LogP contribution >= 0.6 is 11.5 Å². The Balaban J connectivity index is 1.39. The summed E-state index contributed by atoms with van der Waals surface area (Å²) in [6, 6.07) is 5.28. The van der Waals surface area contributed by atoms with E-state index in [1.165, 1.54) is 24.4 Å². The Labute approximate surface area is 156 Å². The standard InChI is InChI=1S/C18H22N4O3S/c1-24-14-6-5-13(11-15(14)25-2)17(23)21-7-9-22(10-8-21)18-19-16(20-26-18)12-3-4-12/h5-6,11-12H,3-4,7-10H2,1-2H3. The van der Waals surface area contributed by atoms with Crippen LogP contribution in [0.2, 0.25) is 0 Å². The molecule has 2 aliphatic rings. The molecule has 1 aliphatic heterocycles. The Morgan fingerprint density at radius 3 is 2.50 bits per heavy atom. The van der Waals surface area contributed by atoms with E-state index in [1.807, 2.05) is 4.90 Å². The van der Waals surface area contributed by atoms with Gasteiger partial charge in [-0.15, -0.1) is 0 Å². The molecule has 4 rings (SSSR count). The van der Waals surface area contributed by atoms with Crippen LogP contribution in [0.5, 0.6) is 11.5 Å². The van der Waals surface area contributed by atoms with E-state index < -0.39 is 0 Å². The average molecular weight is 374 g/mol. The van der Waals surface area contributed by atoms with Gasteiger partial charge in [0.2, 0.25) is 5.13 Å². The van der Waals surface area contributed by atoms with Crippen LogP contribution in [0.25, 0.3) is 0 Å². The van der Waals surface area contributed by atoms with Gasteiger partial charge in [-0.3, -0.25) is 4.79 Å². The number of anilines is 1. The fourth-order valence-corrected chi connectivity index (χ4v) is 3.91. The Hall–Kier alpha value is -2.35. The summed E-state index contributed by atoms with van der Waals surface area (Å²) in [6.45, 7) is 2.90. The van der Waals surface area contributed by atoms with Crippen LogP contribution < -0.4 is 14.4 Å². The number of methoxy groups -OCH3 is 2. The maximum atomic E-state index is 12.8. The maximum Gasteiger partial charge on any atom is 0.254 e. The second-order valence-corrected chi connectivity index (χ2v) is 7.29. The molecule has 7 nitrogen and oxygen atoms in total. The smallest absolute Gasteiger partial charge is 0.254 e. The third-order valence-electron chi connectivity index (χ3n) is 4.84. The van der Waals surface area contributed by atoms with E-state index in [0.717, 1.165) is 24.0 Å². The fraction of sp³-hybridized carbons (Fsp3) is 0.500. The van der Waals surface area contributed by atoms with Gasteiger partial charge in [-0.2, -0.15) is 4.37 Å². The second kappa shape index (κ2) is 7.11. The van der Waals surface area contributed by atoms with E-state index in [4.69, 9.17) is 9.47 Å². The molecule has 2 heterocycles. The Morgan fingerprint density at radius 1 is 1.12 bits per heavy atom. The lowest BCUT2D eigenvalue weighted by atomic mass is 10.1. The first-order chi connectivity index (χ1) is 12.7. The molecule has 0 radical (unpaired) electrons. The van der Waals surface area contributed by atoms with Crippen LogP contribution in [0, 0.1) is 0 Å². The highest BCUT2D eigenvalue weighted by Crippen LogP contribution is 2.39. The molecule has 1 aromatic carbocycles. The average Bonchev–Trinajstić information content (AvgIpc) is 3.43. The predicted molar refractivity (Wildman–Crippen MR) is 99.5 cm³/mol. The van der Waals surface area contributed by atoms with Crippen LogP contribution in [0.4, 0.5) is 5.13 Å². The largest absolute Gasteiger partial charge is 0.493 e. The number of ether oxygens (including phenoxy) is 2. The minimum Gasteiger partial charge on any atom is -0.493 e. The minimum absolute atomic E-state index is 0.0153. The monoisotopic (exact) mass is 374 g/mol. The number of aromatic nitrogens is 2. The molecule has 2 aromatic rings. The lowest BCUT2D eigenvalue weighted by Gasteiger charge is -2.34. The van der Waals surface area contributed by atoms with Crippen molar-refractivity contribution in [2.24, 2.45) is 0 Å². The first kappa shape index (κ1) is 17.1. The zero-order chi connectivity index (χ0) is 18.1. The van der Waals surface area contributed by atoms with Gasteiger partial charge in [0, 0.05) is 49.2 Å². The van der Waals surface area contributed by atoms with Crippen LogP contribution in [0.1, 0.15) is 34.9 Å². The summed E-state index contributed by atoms with van der Waals surface area (Å²) in [5, 5.41) is 0.977. The topological polar surface area (TPSA) is 67.8 Å². The molecule has 2 fully saturated rings. The van der Waals surface area contributed by atoms with Gasteiger partial charge in [0.05, 0.1) is 14.2 Å². The summed E-state index contributed by atoms with van der Waals surface area (Å²) >= 11 is 1.47. The fourth-order valence-electron chi connectivity index (χ4n) is 3.11. The van der Waals surface area contributed by atoms with Crippen molar-refractivity contribution in [1.82, 2.24) is 14.3 Å². The Kier molecular flexibility index (Phi) is 4.67. The number of hydrogen-bond acceptors (Lipinski definition) is 7. The van der Waals surface area contributed by atoms with Crippen molar-refractivity contribution in [3.05, 3.63) is 29.6 Å². The minimum atomic E-state index is 0.0153. The van der Waals surface area contributed by atoms with Gasteiger partial charge in [-0.25, -0.2) is 4.98 Å². The molecule has 0 bridgehead atoms. The molecule has 1 aliphatic carbocycles. The summed E-state index contributed by atoms with van der Waals surface area (Å²) < 4.78 is 15.0. The molecule has 1 aromatic heterocycles. The molecule has 26 heavy (non-hydrogen) atoms. The van der Waals surface area contributed by atoms with E-state index >= 15 is 0 Å². The molecule has 0 spiro atoms. The van der Waals surface area contributed by atoms with Crippen LogP contribution in [0.15, 0.2) is 18.2 Å². The van der Waals surface area contributed by atoms with Gasteiger partial charge < -0.3 is 19.3 Å². The highest BCUT2D eigenvalue weighted by Gasteiger charge is 2.30. The molecular formula is C18H22N4O3S. The molecule has 0 N–H and O–H groups in total. The molecule has 1 saturated carbocycles. The molecular weight excluding hydrogens is 352 g/mol. The van der Waals surface area contributed by atoms with Crippen molar-refractivity contribution < 1.29 is 14.3 Å². The van der Waals surface area contributed by atoms with Crippen molar-refractivity contribution in [3.63, 3.8) is 0 Å². The summed E-state index contributed by atoms with van der Waals surface area (Å²) in [6.07, 6.45) is 2.42. The van der Waals surface area contributed by atoms with Gasteiger partial charge in [-0.1, -0.05) is 0 Å². The van der Waals surface area contributed by atoms with Crippen molar-refractivity contribution in [2.75, 3.05) is 45.3 Å². The lowest BCUT2D eigenvalue weighted by Crippen LogP contribution is -2.48. The number of carbonyl (C=O) groups excluding carboxylic acids is 1. The Bertz CT molecular complexity index is 797. The number of rotatable bonds is 5. The molecule has 8 heteroatoms. The van der Waals surface area contributed by atoms with Gasteiger partial charge >= 0.3 is 0 Å². The second-order valence-electron chi connectivity index (χ2n) is 6.56. The van der Waals surface area contributed by atoms with E-state index in [-0.39, 0.29) is 5.91 Å². The highest BCUT2D eigenvalue weighted by molar-refractivity contribution is 7.09. The Morgan fingerprint density at radius 2 is 1.85 bits per heavy atom. The number of nitrogens with zero attached hydrogens (tertiary/aromatic N) is 4. The number of piperazine rings is 1. The summed E-state index contributed by atoms with van der Waals surface area (Å²) in [4.78, 5) is 21.6. The number of benzene rings is 1. The van der Waals surface area contributed by atoms with E-state index in [1.54, 1.807) is 32.4 Å². The highest BCUT2D eigenvalue weighted by atomic mass is 32.1. The molecule has 1 amide bonds. The summed E-state index contributed by atoms with van der Waals surface area (Å²) in [5.74, 6) is 2.78. The quantitative estimate of drug-likeness (QED) is 0.801. The van der Waals surface area contributed by atoms with Crippen molar-refractivity contribution >= 4 is 22.6 Å². The van der Waals surface area contributed by atoms with Crippen molar-refractivity contribution in [1.29, 1.82) is 0 Å². The van der Waals surface area contributed by atoms with E-state index in [9.17, 15) is 4.79 Å². The number of amides is 1. The molecule has 1 saturated heterocycles. The summed E-state index contributed by atoms with van der Waals surface area (Å²) in [5.41, 5.74) is 0.614. The zero-order valence-corrected chi connectivity index (χ0v) is 15.8. The van der Waals surface area contributed by atoms with Gasteiger partial charge in [0.25, 0.3) is 5.91 Å². The molecule has 0 unspecified atom stereocenters. The van der Waals surface area contributed by atoms with E-state index in [2.05, 4.69) is 14.3 Å². The van der Waals surface area contributed by atoms with Crippen LogP contribution in [-0.2, 0) is 0 Å². The maximum absolute atomic E-state index is 12.8. The number of hydrogen-bond donors (Lipinski definition) is 0. The normalized spacial score (nSPS) is 17.3. The molecule has 0 atom stereocenters. The first-order valence-electron chi connectivity index (χ1n) is 8.79. The zero-order valence-electron chi connectivity index (χ0n) is 15.0. The van der Waals surface area contributed by atoms with Crippen LogP contribution in [0.3, 0.4) is 0 Å². The molecule has 138 valence electrons. The van der Waals surface area contributed by atoms with Crippen molar-refractivity contribution in [3.8, 4) is 11.5 Å². The SMILES string of the molecule is COc1ccc(C(=O)N2CCN(c3nc(C4CC4)ns3)CC2)cc1OC. The van der Waals surface area contributed by atoms with Crippen LogP contribution in [-0.4, -0.2) is 60.6 Å².